The van der Waals surface area contributed by atoms with Gasteiger partial charge in [-0.15, -0.1) is 11.6 Å². The van der Waals surface area contributed by atoms with Gasteiger partial charge in [-0.25, -0.2) is 4.79 Å². The van der Waals surface area contributed by atoms with Gasteiger partial charge in [-0.1, -0.05) is 6.92 Å². The van der Waals surface area contributed by atoms with Crippen LogP contribution in [0.5, 0.6) is 0 Å². The summed E-state index contributed by atoms with van der Waals surface area (Å²) in [5.74, 6) is 0.0421. The van der Waals surface area contributed by atoms with Gasteiger partial charge in [0.1, 0.15) is 5.38 Å². The Kier molecular flexibility index (Phi) is 3.75. The standard InChI is InChI=1S/C9H15ClN2O2/c1-5-3-4-7(5)11-9(14)12-8(13)6(2)10/h5-7H,3-4H2,1-2H3,(H2,11,12,13,14). The topological polar surface area (TPSA) is 58.2 Å². The van der Waals surface area contributed by atoms with Gasteiger partial charge in [0.25, 0.3) is 0 Å². The molecule has 0 saturated heterocycles. The van der Waals surface area contributed by atoms with Gasteiger partial charge >= 0.3 is 6.03 Å². The Bertz CT molecular complexity index is 243. The number of carbonyl (C=O) groups excluding carboxylic acids is 2. The number of rotatable bonds is 2. The molecule has 0 spiro atoms. The molecule has 1 saturated carbocycles. The number of urea groups is 1. The average molecular weight is 219 g/mol. The minimum absolute atomic E-state index is 0.202. The zero-order valence-corrected chi connectivity index (χ0v) is 9.10. The van der Waals surface area contributed by atoms with Gasteiger partial charge in [-0.05, 0) is 25.7 Å². The molecule has 0 aromatic carbocycles. The Balaban J connectivity index is 2.25. The van der Waals surface area contributed by atoms with Gasteiger partial charge in [-0.2, -0.15) is 0 Å². The molecule has 80 valence electrons. The van der Waals surface area contributed by atoms with E-state index in [0.29, 0.717) is 5.92 Å². The summed E-state index contributed by atoms with van der Waals surface area (Å²) in [5, 5.41) is 4.22. The van der Waals surface area contributed by atoms with Crippen molar-refractivity contribution < 1.29 is 9.59 Å². The summed E-state index contributed by atoms with van der Waals surface area (Å²) in [6, 6.07) is -0.243. The lowest BCUT2D eigenvalue weighted by atomic mass is 9.81. The largest absolute Gasteiger partial charge is 0.335 e. The van der Waals surface area contributed by atoms with E-state index in [2.05, 4.69) is 17.6 Å². The maximum absolute atomic E-state index is 11.2. The maximum Gasteiger partial charge on any atom is 0.321 e. The molecule has 0 heterocycles. The summed E-state index contributed by atoms with van der Waals surface area (Å²) in [7, 11) is 0. The quantitative estimate of drug-likeness (QED) is 0.686. The third-order valence-corrected chi connectivity index (χ3v) is 2.73. The molecule has 3 amide bonds. The molecule has 4 nitrogen and oxygen atoms in total. The van der Waals surface area contributed by atoms with Crippen LogP contribution in [0.2, 0.25) is 0 Å². The van der Waals surface area contributed by atoms with E-state index in [9.17, 15) is 9.59 Å². The third kappa shape index (κ3) is 2.87. The lowest BCUT2D eigenvalue weighted by molar-refractivity contribution is -0.119. The van der Waals surface area contributed by atoms with Crippen molar-refractivity contribution in [2.75, 3.05) is 0 Å². The molecule has 0 aromatic rings. The van der Waals surface area contributed by atoms with E-state index in [1.165, 1.54) is 6.92 Å². The van der Waals surface area contributed by atoms with E-state index in [0.717, 1.165) is 12.8 Å². The third-order valence-electron chi connectivity index (χ3n) is 2.53. The fourth-order valence-electron chi connectivity index (χ4n) is 1.30. The van der Waals surface area contributed by atoms with E-state index < -0.39 is 17.3 Å². The fourth-order valence-corrected chi connectivity index (χ4v) is 1.35. The predicted molar refractivity (Wildman–Crippen MR) is 54.2 cm³/mol. The monoisotopic (exact) mass is 218 g/mol. The summed E-state index contributed by atoms with van der Waals surface area (Å²) in [5.41, 5.74) is 0. The van der Waals surface area contributed by atoms with Crippen LogP contribution >= 0.6 is 11.6 Å². The summed E-state index contributed by atoms with van der Waals surface area (Å²) in [4.78, 5) is 22.2. The smallest absolute Gasteiger partial charge is 0.321 e. The number of nitrogens with one attached hydrogen (secondary N) is 2. The first-order chi connectivity index (χ1) is 6.50. The van der Waals surface area contributed by atoms with Crippen molar-refractivity contribution in [2.45, 2.75) is 38.1 Å². The van der Waals surface area contributed by atoms with Crippen molar-refractivity contribution in [3.63, 3.8) is 0 Å². The number of hydrogen-bond donors (Lipinski definition) is 2. The van der Waals surface area contributed by atoms with E-state index in [1.54, 1.807) is 0 Å². The Morgan fingerprint density at radius 1 is 1.43 bits per heavy atom. The molecule has 2 N–H and O–H groups in total. The highest BCUT2D eigenvalue weighted by molar-refractivity contribution is 6.31. The molecule has 0 aromatic heterocycles. The van der Waals surface area contributed by atoms with Gasteiger partial charge in [0.2, 0.25) is 5.91 Å². The number of carbonyl (C=O) groups is 2. The SMILES string of the molecule is CC(Cl)C(=O)NC(=O)NC1CCC1C. The summed E-state index contributed by atoms with van der Waals surface area (Å²) in [6.07, 6.45) is 2.12. The van der Waals surface area contributed by atoms with E-state index in [1.807, 2.05) is 0 Å². The molecule has 1 aliphatic carbocycles. The molecule has 0 aliphatic heterocycles. The van der Waals surface area contributed by atoms with Crippen molar-refractivity contribution in [2.24, 2.45) is 5.92 Å². The maximum atomic E-state index is 11.2. The van der Waals surface area contributed by atoms with Crippen LogP contribution in [0.15, 0.2) is 0 Å². The molecule has 0 bridgehead atoms. The van der Waals surface area contributed by atoms with Crippen LogP contribution in [-0.4, -0.2) is 23.4 Å². The molecule has 0 radical (unpaired) electrons. The second kappa shape index (κ2) is 4.64. The van der Waals surface area contributed by atoms with Gasteiger partial charge in [-0.3, -0.25) is 10.1 Å². The fraction of sp³-hybridized carbons (Fsp3) is 0.778. The van der Waals surface area contributed by atoms with E-state index in [-0.39, 0.29) is 6.04 Å². The lowest BCUT2D eigenvalue weighted by Gasteiger charge is -2.34. The van der Waals surface area contributed by atoms with E-state index in [4.69, 9.17) is 11.6 Å². The first-order valence-corrected chi connectivity index (χ1v) is 5.19. The molecule has 1 fully saturated rings. The van der Waals surface area contributed by atoms with Crippen LogP contribution < -0.4 is 10.6 Å². The Morgan fingerprint density at radius 2 is 2.07 bits per heavy atom. The van der Waals surface area contributed by atoms with Crippen molar-refractivity contribution in [3.05, 3.63) is 0 Å². The summed E-state index contributed by atoms with van der Waals surface area (Å²) in [6.45, 7) is 3.59. The van der Waals surface area contributed by atoms with E-state index >= 15 is 0 Å². The lowest BCUT2D eigenvalue weighted by Crippen LogP contribution is -2.51. The Labute approximate surface area is 88.4 Å². The number of halogens is 1. The highest BCUT2D eigenvalue weighted by Gasteiger charge is 2.28. The molecule has 1 rings (SSSR count). The van der Waals surface area contributed by atoms with Crippen molar-refractivity contribution in [1.29, 1.82) is 0 Å². The highest BCUT2D eigenvalue weighted by atomic mass is 35.5. The molecule has 3 atom stereocenters. The number of imide groups is 1. The second-order valence-corrected chi connectivity index (χ2v) is 4.39. The normalized spacial score (nSPS) is 27.4. The van der Waals surface area contributed by atoms with Crippen molar-refractivity contribution in [1.82, 2.24) is 10.6 Å². The van der Waals surface area contributed by atoms with Gasteiger partial charge in [0, 0.05) is 6.04 Å². The van der Waals surface area contributed by atoms with Crippen LogP contribution in [0.4, 0.5) is 4.79 Å². The minimum Gasteiger partial charge on any atom is -0.335 e. The average Bonchev–Trinajstić information content (AvgIpc) is 2.11. The van der Waals surface area contributed by atoms with Crippen LogP contribution in [0.1, 0.15) is 26.7 Å². The first-order valence-electron chi connectivity index (χ1n) is 4.76. The number of alkyl halides is 1. The van der Waals surface area contributed by atoms with Gasteiger partial charge < -0.3 is 5.32 Å². The molecular weight excluding hydrogens is 204 g/mol. The zero-order chi connectivity index (χ0) is 10.7. The first kappa shape index (κ1) is 11.3. The van der Waals surface area contributed by atoms with Crippen LogP contribution in [-0.2, 0) is 4.79 Å². The predicted octanol–water partition coefficient (Wildman–Crippen LogP) is 1.24. The molecule has 5 heteroatoms. The molecule has 1 aliphatic rings. The zero-order valence-electron chi connectivity index (χ0n) is 8.34. The Hall–Kier alpha value is -0.770. The number of amides is 3. The molecular formula is C9H15ClN2O2. The summed E-state index contributed by atoms with van der Waals surface area (Å²) >= 11 is 5.49. The number of hydrogen-bond acceptors (Lipinski definition) is 2. The minimum atomic E-state index is -0.681. The van der Waals surface area contributed by atoms with Crippen LogP contribution in [0.25, 0.3) is 0 Å². The highest BCUT2D eigenvalue weighted by Crippen LogP contribution is 2.26. The van der Waals surface area contributed by atoms with Crippen LogP contribution in [0.3, 0.4) is 0 Å². The molecule has 3 unspecified atom stereocenters. The van der Waals surface area contributed by atoms with Crippen molar-refractivity contribution >= 4 is 23.5 Å². The Morgan fingerprint density at radius 3 is 2.43 bits per heavy atom. The molecule has 14 heavy (non-hydrogen) atoms. The van der Waals surface area contributed by atoms with Crippen LogP contribution in [0, 0.1) is 5.92 Å². The van der Waals surface area contributed by atoms with Crippen molar-refractivity contribution in [3.8, 4) is 0 Å². The second-order valence-electron chi connectivity index (χ2n) is 3.74. The summed E-state index contributed by atoms with van der Waals surface area (Å²) < 4.78 is 0. The van der Waals surface area contributed by atoms with Gasteiger partial charge in [0.05, 0.1) is 0 Å². The van der Waals surface area contributed by atoms with Gasteiger partial charge in [0.15, 0.2) is 0 Å².